The highest BCUT2D eigenvalue weighted by atomic mass is 32.2. The summed E-state index contributed by atoms with van der Waals surface area (Å²) in [7, 11) is 0. The first-order valence-corrected chi connectivity index (χ1v) is 11.6. The lowest BCUT2D eigenvalue weighted by molar-refractivity contribution is -0.136. The maximum absolute atomic E-state index is 12.9. The van der Waals surface area contributed by atoms with Crippen molar-refractivity contribution in [3.8, 4) is 0 Å². The van der Waals surface area contributed by atoms with Gasteiger partial charge in [0.1, 0.15) is 0 Å². The van der Waals surface area contributed by atoms with E-state index in [-0.39, 0.29) is 30.3 Å². The van der Waals surface area contributed by atoms with Crippen molar-refractivity contribution in [1.29, 1.82) is 0 Å². The van der Waals surface area contributed by atoms with Crippen LogP contribution in [0, 0.1) is 0 Å². The molecule has 3 aliphatic heterocycles. The Morgan fingerprint density at radius 2 is 1.93 bits per heavy atom. The summed E-state index contributed by atoms with van der Waals surface area (Å²) in [4.78, 5) is 43.2. The summed E-state index contributed by atoms with van der Waals surface area (Å²) < 4.78 is 0. The number of nitrogens with zero attached hydrogens (tertiary/aromatic N) is 3. The van der Waals surface area contributed by atoms with E-state index in [4.69, 9.17) is 0 Å². The molecule has 0 bridgehead atoms. The quantitative estimate of drug-likeness (QED) is 0.792. The summed E-state index contributed by atoms with van der Waals surface area (Å²) in [6, 6.07) is 7.24. The summed E-state index contributed by atoms with van der Waals surface area (Å²) in [5.74, 6) is 2.17. The van der Waals surface area contributed by atoms with Gasteiger partial charge in [0.15, 0.2) is 0 Å². The van der Waals surface area contributed by atoms with Crippen LogP contribution in [0.2, 0.25) is 0 Å². The molecule has 0 saturated carbocycles. The fourth-order valence-electron chi connectivity index (χ4n) is 4.35. The van der Waals surface area contributed by atoms with Crippen LogP contribution in [0.5, 0.6) is 0 Å². The van der Waals surface area contributed by atoms with Gasteiger partial charge < -0.3 is 15.1 Å². The summed E-state index contributed by atoms with van der Waals surface area (Å²) in [6.07, 6.45) is 3.22. The zero-order valence-corrected chi connectivity index (χ0v) is 17.5. The van der Waals surface area contributed by atoms with Crippen molar-refractivity contribution in [2.45, 2.75) is 31.7 Å². The van der Waals surface area contributed by atoms with E-state index in [9.17, 15) is 14.4 Å². The second-order valence-corrected chi connectivity index (χ2v) is 9.04. The molecule has 3 fully saturated rings. The average molecular weight is 417 g/mol. The van der Waals surface area contributed by atoms with Crippen LogP contribution in [-0.4, -0.2) is 77.8 Å². The molecule has 3 amide bonds. The van der Waals surface area contributed by atoms with Crippen LogP contribution in [0.15, 0.2) is 24.3 Å². The highest BCUT2D eigenvalue weighted by Crippen LogP contribution is 2.25. The van der Waals surface area contributed by atoms with E-state index in [1.165, 1.54) is 0 Å². The molecule has 29 heavy (non-hydrogen) atoms. The zero-order valence-electron chi connectivity index (χ0n) is 16.6. The summed E-state index contributed by atoms with van der Waals surface area (Å²) in [5, 5.41) is 2.94. The first-order valence-electron chi connectivity index (χ1n) is 10.4. The van der Waals surface area contributed by atoms with E-state index in [1.54, 1.807) is 4.90 Å². The van der Waals surface area contributed by atoms with E-state index in [0.29, 0.717) is 12.1 Å². The van der Waals surface area contributed by atoms with E-state index < -0.39 is 0 Å². The van der Waals surface area contributed by atoms with Crippen molar-refractivity contribution in [2.75, 3.05) is 54.4 Å². The fraction of sp³-hybridized carbons (Fsp3) is 0.571. The van der Waals surface area contributed by atoms with Crippen molar-refractivity contribution >= 4 is 40.9 Å². The number of thioether (sulfide) groups is 1. The lowest BCUT2D eigenvalue weighted by Crippen LogP contribution is -2.49. The Hall–Kier alpha value is -2.06. The van der Waals surface area contributed by atoms with Crippen molar-refractivity contribution in [2.24, 2.45) is 0 Å². The maximum Gasteiger partial charge on any atom is 0.239 e. The van der Waals surface area contributed by atoms with Crippen LogP contribution in [0.3, 0.4) is 0 Å². The number of rotatable bonds is 5. The number of nitrogens with one attached hydrogen (secondary N) is 1. The normalized spacial score (nSPS) is 22.9. The number of likely N-dealkylation sites (tertiary alicyclic amines) is 1. The zero-order chi connectivity index (χ0) is 20.2. The Morgan fingerprint density at radius 3 is 2.69 bits per heavy atom. The number of anilines is 2. The largest absolute Gasteiger partial charge is 0.340 e. The first-order chi connectivity index (χ1) is 14.1. The minimum absolute atomic E-state index is 0.121. The van der Waals surface area contributed by atoms with E-state index in [2.05, 4.69) is 5.32 Å². The van der Waals surface area contributed by atoms with Gasteiger partial charge in [-0.1, -0.05) is 6.07 Å². The minimum atomic E-state index is -0.183. The third kappa shape index (κ3) is 4.75. The SMILES string of the molecule is O=C(CN1CCCC1C(=O)N1CCSCC1)Nc1cccc(N2CCCC2=O)c1. The summed E-state index contributed by atoms with van der Waals surface area (Å²) in [6.45, 7) is 3.33. The van der Waals surface area contributed by atoms with Gasteiger partial charge in [-0.3, -0.25) is 19.3 Å². The molecule has 1 atom stereocenters. The third-order valence-corrected chi connectivity index (χ3v) is 6.78. The molecule has 1 unspecified atom stereocenters. The Balaban J connectivity index is 1.35. The topological polar surface area (TPSA) is 73.0 Å². The van der Waals surface area contributed by atoms with Gasteiger partial charge in [-0.05, 0) is 44.0 Å². The van der Waals surface area contributed by atoms with E-state index in [0.717, 1.165) is 62.6 Å². The van der Waals surface area contributed by atoms with Crippen LogP contribution in [-0.2, 0) is 14.4 Å². The molecular formula is C21H28N4O3S. The third-order valence-electron chi connectivity index (χ3n) is 5.83. The van der Waals surface area contributed by atoms with Crippen LogP contribution in [0.1, 0.15) is 25.7 Å². The van der Waals surface area contributed by atoms with Crippen molar-refractivity contribution in [1.82, 2.24) is 9.80 Å². The van der Waals surface area contributed by atoms with Gasteiger partial charge in [0.25, 0.3) is 0 Å². The molecule has 3 aliphatic rings. The first kappa shape index (κ1) is 20.2. The van der Waals surface area contributed by atoms with Crippen molar-refractivity contribution < 1.29 is 14.4 Å². The maximum atomic E-state index is 12.9. The monoisotopic (exact) mass is 416 g/mol. The van der Waals surface area contributed by atoms with Gasteiger partial charge in [0, 0.05) is 48.9 Å². The summed E-state index contributed by atoms with van der Waals surface area (Å²) >= 11 is 1.89. The number of amides is 3. The second kappa shape index (κ2) is 9.17. The number of carbonyl (C=O) groups excluding carboxylic acids is 3. The average Bonchev–Trinajstić information content (AvgIpc) is 3.37. The Morgan fingerprint density at radius 1 is 1.10 bits per heavy atom. The predicted molar refractivity (Wildman–Crippen MR) is 115 cm³/mol. The number of hydrogen-bond acceptors (Lipinski definition) is 5. The highest BCUT2D eigenvalue weighted by molar-refractivity contribution is 7.99. The Kier molecular flexibility index (Phi) is 6.40. The second-order valence-electron chi connectivity index (χ2n) is 7.81. The standard InChI is InChI=1S/C21H28N4O3S/c26-19(22-16-4-1-5-17(14-16)25-9-3-7-20(25)27)15-24-8-2-6-18(24)21(28)23-10-12-29-13-11-23/h1,4-5,14,18H,2-3,6-13,15H2,(H,22,26). The molecule has 8 heteroatoms. The molecule has 0 aliphatic carbocycles. The molecule has 1 aromatic rings. The summed E-state index contributed by atoms with van der Waals surface area (Å²) in [5.41, 5.74) is 1.50. The number of hydrogen-bond donors (Lipinski definition) is 1. The molecule has 4 rings (SSSR count). The van der Waals surface area contributed by atoms with Gasteiger partial charge in [-0.15, -0.1) is 0 Å². The smallest absolute Gasteiger partial charge is 0.239 e. The van der Waals surface area contributed by atoms with E-state index in [1.807, 2.05) is 45.8 Å². The highest BCUT2D eigenvalue weighted by Gasteiger charge is 2.35. The van der Waals surface area contributed by atoms with Gasteiger partial charge in [0.2, 0.25) is 17.7 Å². The molecule has 3 heterocycles. The molecule has 3 saturated heterocycles. The van der Waals surface area contributed by atoms with Gasteiger partial charge in [0.05, 0.1) is 12.6 Å². The van der Waals surface area contributed by atoms with Crippen LogP contribution in [0.4, 0.5) is 11.4 Å². The minimum Gasteiger partial charge on any atom is -0.340 e. The molecule has 0 radical (unpaired) electrons. The number of carbonyl (C=O) groups is 3. The molecule has 1 N–H and O–H groups in total. The Bertz CT molecular complexity index is 781. The lowest BCUT2D eigenvalue weighted by atomic mass is 10.2. The van der Waals surface area contributed by atoms with Crippen molar-refractivity contribution in [3.05, 3.63) is 24.3 Å². The molecule has 0 aromatic heterocycles. The lowest BCUT2D eigenvalue weighted by Gasteiger charge is -2.32. The predicted octanol–water partition coefficient (Wildman–Crippen LogP) is 1.79. The fourth-order valence-corrected chi connectivity index (χ4v) is 5.25. The van der Waals surface area contributed by atoms with E-state index >= 15 is 0 Å². The molecule has 1 aromatic carbocycles. The van der Waals surface area contributed by atoms with Gasteiger partial charge in [-0.2, -0.15) is 11.8 Å². The van der Waals surface area contributed by atoms with Crippen LogP contribution in [0.25, 0.3) is 0 Å². The molecule has 0 spiro atoms. The van der Waals surface area contributed by atoms with Crippen LogP contribution >= 0.6 is 11.8 Å². The molecular weight excluding hydrogens is 388 g/mol. The van der Waals surface area contributed by atoms with Gasteiger partial charge in [-0.25, -0.2) is 0 Å². The number of benzene rings is 1. The van der Waals surface area contributed by atoms with Crippen molar-refractivity contribution in [3.63, 3.8) is 0 Å². The molecule has 156 valence electrons. The Labute approximate surface area is 175 Å². The van der Waals surface area contributed by atoms with Crippen LogP contribution < -0.4 is 10.2 Å². The van der Waals surface area contributed by atoms with Gasteiger partial charge >= 0.3 is 0 Å². The molecule has 7 nitrogen and oxygen atoms in total.